The highest BCUT2D eigenvalue weighted by Crippen LogP contribution is 2.32. The first kappa shape index (κ1) is 21.5. The van der Waals surface area contributed by atoms with Crippen molar-refractivity contribution in [3.8, 4) is 0 Å². The normalized spacial score (nSPS) is 13.2. The van der Waals surface area contributed by atoms with Gasteiger partial charge >= 0.3 is 12.2 Å². The van der Waals surface area contributed by atoms with Gasteiger partial charge in [-0.25, -0.2) is 9.78 Å². The van der Waals surface area contributed by atoms with Crippen molar-refractivity contribution in [1.82, 2.24) is 15.6 Å². The second-order valence-electron chi connectivity index (χ2n) is 5.91. The third-order valence-electron chi connectivity index (χ3n) is 3.73. The summed E-state index contributed by atoms with van der Waals surface area (Å²) in [6.07, 6.45) is -3.34. The zero-order valence-electron chi connectivity index (χ0n) is 15.1. The third-order valence-corrected chi connectivity index (χ3v) is 4.78. The van der Waals surface area contributed by atoms with Gasteiger partial charge in [0.1, 0.15) is 0 Å². The Morgan fingerprint density at radius 1 is 1.32 bits per heavy atom. The fourth-order valence-corrected chi connectivity index (χ4v) is 3.32. The Kier molecular flexibility index (Phi) is 7.21. The van der Waals surface area contributed by atoms with Gasteiger partial charge in [-0.15, -0.1) is 11.3 Å². The lowest BCUT2D eigenvalue weighted by atomic mass is 10.1. The van der Waals surface area contributed by atoms with Crippen LogP contribution >= 0.6 is 11.3 Å². The molecule has 0 spiro atoms. The van der Waals surface area contributed by atoms with Crippen molar-refractivity contribution < 1.29 is 18.0 Å². The Hall–Kier alpha value is -2.82. The SMILES string of the molecule is Cc1nc(N)sc1CCCN=C(N)NC(=O)NC(c1ccccc1)C(F)(F)F. The van der Waals surface area contributed by atoms with Crippen LogP contribution in [0.4, 0.5) is 23.1 Å². The van der Waals surface area contributed by atoms with Gasteiger partial charge in [-0.05, 0) is 25.3 Å². The average molecular weight is 414 g/mol. The van der Waals surface area contributed by atoms with Crippen LogP contribution in [-0.2, 0) is 6.42 Å². The van der Waals surface area contributed by atoms with E-state index in [-0.39, 0.29) is 11.5 Å². The number of carbonyl (C=O) groups is 1. The molecule has 0 saturated heterocycles. The minimum absolute atomic E-state index is 0.0835. The van der Waals surface area contributed by atoms with Crippen molar-refractivity contribution in [2.24, 2.45) is 10.7 Å². The van der Waals surface area contributed by atoms with E-state index in [0.29, 0.717) is 24.5 Å². The van der Waals surface area contributed by atoms with Gasteiger partial charge in [-0.1, -0.05) is 30.3 Å². The smallest absolute Gasteiger partial charge is 0.375 e. The Labute approximate surface area is 164 Å². The average Bonchev–Trinajstić information content (AvgIpc) is 2.93. The molecule has 2 amide bonds. The van der Waals surface area contributed by atoms with E-state index in [4.69, 9.17) is 11.5 Å². The van der Waals surface area contributed by atoms with Crippen LogP contribution in [0, 0.1) is 6.92 Å². The van der Waals surface area contributed by atoms with Crippen LogP contribution in [0.15, 0.2) is 35.3 Å². The van der Waals surface area contributed by atoms with Crippen LogP contribution in [0.1, 0.15) is 28.6 Å². The number of hydrogen-bond donors (Lipinski definition) is 4. The number of aromatic nitrogens is 1. The largest absolute Gasteiger partial charge is 0.412 e. The Balaban J connectivity index is 1.86. The molecule has 1 aromatic carbocycles. The number of rotatable bonds is 6. The van der Waals surface area contributed by atoms with Gasteiger partial charge in [0, 0.05) is 11.4 Å². The molecule has 1 atom stereocenters. The maximum atomic E-state index is 13.2. The number of nitrogens with zero attached hydrogens (tertiary/aromatic N) is 2. The zero-order chi connectivity index (χ0) is 20.7. The van der Waals surface area contributed by atoms with Crippen molar-refractivity contribution in [1.29, 1.82) is 0 Å². The van der Waals surface area contributed by atoms with Crippen molar-refractivity contribution in [3.05, 3.63) is 46.5 Å². The topological polar surface area (TPSA) is 118 Å². The standard InChI is InChI=1S/C17H21F3N6OS/c1-10-12(28-15(22)24-10)8-5-9-23-14(21)26-16(27)25-13(17(18,19)20)11-6-3-2-4-7-11/h2-4,6-7,13H,5,8-9H2,1H3,(H2,22,24)(H4,21,23,25,26,27). The van der Waals surface area contributed by atoms with Crippen molar-refractivity contribution in [2.45, 2.75) is 32.0 Å². The first-order chi connectivity index (χ1) is 13.2. The fraction of sp³-hybridized carbons (Fsp3) is 0.353. The van der Waals surface area contributed by atoms with Gasteiger partial charge in [0.2, 0.25) is 0 Å². The highest BCUT2D eigenvalue weighted by molar-refractivity contribution is 7.15. The molecule has 0 radical (unpaired) electrons. The van der Waals surface area contributed by atoms with E-state index in [0.717, 1.165) is 10.6 Å². The summed E-state index contributed by atoms with van der Waals surface area (Å²) in [5.74, 6) is -0.257. The number of hydrogen-bond acceptors (Lipinski definition) is 5. The number of halogens is 3. The van der Waals surface area contributed by atoms with Crippen LogP contribution in [-0.4, -0.2) is 29.7 Å². The Bertz CT molecular complexity index is 822. The molecule has 0 aliphatic heterocycles. The molecule has 0 bridgehead atoms. The van der Waals surface area contributed by atoms with Crippen LogP contribution in [0.5, 0.6) is 0 Å². The van der Waals surface area contributed by atoms with Crippen LogP contribution < -0.4 is 22.1 Å². The van der Waals surface area contributed by atoms with E-state index in [9.17, 15) is 18.0 Å². The first-order valence-electron chi connectivity index (χ1n) is 8.37. The fourth-order valence-electron chi connectivity index (χ4n) is 2.44. The van der Waals surface area contributed by atoms with Gasteiger partial charge in [-0.2, -0.15) is 13.2 Å². The van der Waals surface area contributed by atoms with Crippen LogP contribution in [0.2, 0.25) is 0 Å². The summed E-state index contributed by atoms with van der Waals surface area (Å²) in [6, 6.07) is 3.83. The van der Waals surface area contributed by atoms with Crippen LogP contribution in [0.3, 0.4) is 0 Å². The number of alkyl halides is 3. The number of nitrogens with one attached hydrogen (secondary N) is 2. The van der Waals surface area contributed by atoms with Crippen molar-refractivity contribution >= 4 is 28.5 Å². The van der Waals surface area contributed by atoms with E-state index in [1.807, 2.05) is 12.2 Å². The number of nitrogen functional groups attached to an aromatic ring is 1. The van der Waals surface area contributed by atoms with E-state index >= 15 is 0 Å². The summed E-state index contributed by atoms with van der Waals surface area (Å²) in [6.45, 7) is 2.15. The summed E-state index contributed by atoms with van der Waals surface area (Å²) >= 11 is 1.39. The molecule has 0 aliphatic rings. The number of urea groups is 1. The van der Waals surface area contributed by atoms with E-state index in [1.54, 1.807) is 6.07 Å². The molecule has 1 aromatic heterocycles. The summed E-state index contributed by atoms with van der Waals surface area (Å²) < 4.78 is 39.7. The van der Waals surface area contributed by atoms with Crippen LogP contribution in [0.25, 0.3) is 0 Å². The Morgan fingerprint density at radius 2 is 2.00 bits per heavy atom. The van der Waals surface area contributed by atoms with E-state index in [2.05, 4.69) is 15.3 Å². The van der Waals surface area contributed by atoms with E-state index < -0.39 is 18.2 Å². The molecule has 1 heterocycles. The number of benzene rings is 1. The highest BCUT2D eigenvalue weighted by atomic mass is 32.1. The maximum absolute atomic E-state index is 13.2. The zero-order valence-corrected chi connectivity index (χ0v) is 15.9. The molecular formula is C17H21F3N6OS. The molecule has 0 saturated carbocycles. The number of amides is 2. The molecule has 0 fully saturated rings. The summed E-state index contributed by atoms with van der Waals surface area (Å²) in [5, 5.41) is 4.48. The van der Waals surface area contributed by atoms with E-state index in [1.165, 1.54) is 35.6 Å². The number of nitrogens with two attached hydrogens (primary N) is 2. The van der Waals surface area contributed by atoms with Gasteiger partial charge in [-0.3, -0.25) is 10.3 Å². The van der Waals surface area contributed by atoms with Gasteiger partial charge in [0.15, 0.2) is 17.1 Å². The summed E-state index contributed by atoms with van der Waals surface area (Å²) in [4.78, 5) is 21.0. The number of aliphatic imine (C=N–C) groups is 1. The minimum atomic E-state index is -4.65. The number of anilines is 1. The maximum Gasteiger partial charge on any atom is 0.412 e. The lowest BCUT2D eigenvalue weighted by Gasteiger charge is -2.22. The Morgan fingerprint density at radius 3 is 2.57 bits per heavy atom. The second-order valence-corrected chi connectivity index (χ2v) is 7.03. The number of thiazole rings is 1. The predicted molar refractivity (Wildman–Crippen MR) is 103 cm³/mol. The van der Waals surface area contributed by atoms with Gasteiger partial charge < -0.3 is 16.8 Å². The molecule has 7 nitrogen and oxygen atoms in total. The molecular weight excluding hydrogens is 393 g/mol. The second kappa shape index (κ2) is 9.40. The molecule has 0 aliphatic carbocycles. The molecule has 152 valence electrons. The van der Waals surface area contributed by atoms with Gasteiger partial charge in [0.05, 0.1) is 5.69 Å². The number of aryl methyl sites for hydroxylation is 2. The molecule has 6 N–H and O–H groups in total. The summed E-state index contributed by atoms with van der Waals surface area (Å²) in [5.41, 5.74) is 12.0. The third kappa shape index (κ3) is 6.41. The first-order valence-corrected chi connectivity index (χ1v) is 9.19. The molecule has 2 rings (SSSR count). The summed E-state index contributed by atoms with van der Waals surface area (Å²) in [7, 11) is 0. The minimum Gasteiger partial charge on any atom is -0.375 e. The number of carbonyl (C=O) groups excluding carboxylic acids is 1. The van der Waals surface area contributed by atoms with Crippen molar-refractivity contribution in [3.63, 3.8) is 0 Å². The number of guanidine groups is 1. The molecule has 2 aromatic rings. The molecule has 11 heteroatoms. The molecule has 1 unspecified atom stereocenters. The van der Waals surface area contributed by atoms with Gasteiger partial charge in [0.25, 0.3) is 0 Å². The highest BCUT2D eigenvalue weighted by Gasteiger charge is 2.41. The quantitative estimate of drug-likeness (QED) is 0.330. The lowest BCUT2D eigenvalue weighted by molar-refractivity contribution is -0.154. The van der Waals surface area contributed by atoms with Crippen molar-refractivity contribution in [2.75, 3.05) is 12.3 Å². The predicted octanol–water partition coefficient (Wildman–Crippen LogP) is 2.88. The lowest BCUT2D eigenvalue weighted by Crippen LogP contribution is -2.47. The monoisotopic (exact) mass is 414 g/mol. The molecule has 28 heavy (non-hydrogen) atoms.